The maximum atomic E-state index is 12.0. The molecule has 0 heterocycles. The summed E-state index contributed by atoms with van der Waals surface area (Å²) in [5, 5.41) is 3.32. The van der Waals surface area contributed by atoms with Crippen LogP contribution in [0.15, 0.2) is 42.5 Å². The van der Waals surface area contributed by atoms with Gasteiger partial charge in [-0.15, -0.1) is 0 Å². The van der Waals surface area contributed by atoms with Crippen LogP contribution >= 0.6 is 11.6 Å². The van der Waals surface area contributed by atoms with Crippen molar-refractivity contribution in [2.24, 2.45) is 0 Å². The second-order valence-corrected chi connectivity index (χ2v) is 6.45. The molecule has 0 atom stereocenters. The van der Waals surface area contributed by atoms with Crippen molar-refractivity contribution in [3.8, 4) is 17.2 Å². The Morgan fingerprint density at radius 1 is 1.14 bits per heavy atom. The standard InChI is InChI=1S/C22H26ClNO4/c1-4-28-20-15-17(14-19(23)22(20)27-3)9-12-21(25)24-13-5-6-16-7-10-18(26-2)11-8-16/h7-12,14-15H,4-6,13H2,1-3H3,(H,24,25). The fraction of sp³-hybridized carbons (Fsp3) is 0.318. The molecular weight excluding hydrogens is 378 g/mol. The first-order valence-corrected chi connectivity index (χ1v) is 9.54. The summed E-state index contributed by atoms with van der Waals surface area (Å²) in [6.07, 6.45) is 4.93. The number of rotatable bonds is 10. The van der Waals surface area contributed by atoms with Crippen molar-refractivity contribution in [1.82, 2.24) is 5.32 Å². The van der Waals surface area contributed by atoms with Crippen LogP contribution in [0.2, 0.25) is 5.02 Å². The van der Waals surface area contributed by atoms with Gasteiger partial charge in [0.25, 0.3) is 0 Å². The molecule has 0 unspecified atom stereocenters. The number of hydrogen-bond donors (Lipinski definition) is 1. The lowest BCUT2D eigenvalue weighted by molar-refractivity contribution is -0.116. The molecule has 1 N–H and O–H groups in total. The average molecular weight is 404 g/mol. The molecule has 0 fully saturated rings. The van der Waals surface area contributed by atoms with Crippen LogP contribution in [0.3, 0.4) is 0 Å². The predicted molar refractivity (Wildman–Crippen MR) is 113 cm³/mol. The van der Waals surface area contributed by atoms with Crippen molar-refractivity contribution in [1.29, 1.82) is 0 Å². The van der Waals surface area contributed by atoms with Gasteiger partial charge in [-0.3, -0.25) is 4.79 Å². The molecule has 0 aliphatic heterocycles. The molecule has 0 spiro atoms. The van der Waals surface area contributed by atoms with Crippen LogP contribution in [-0.2, 0) is 11.2 Å². The van der Waals surface area contributed by atoms with E-state index in [1.54, 1.807) is 32.4 Å². The number of benzene rings is 2. The van der Waals surface area contributed by atoms with Crippen LogP contribution in [0.4, 0.5) is 0 Å². The highest BCUT2D eigenvalue weighted by Gasteiger charge is 2.10. The molecule has 6 heteroatoms. The van der Waals surface area contributed by atoms with E-state index >= 15 is 0 Å². The van der Waals surface area contributed by atoms with Gasteiger partial charge in [0.2, 0.25) is 5.91 Å². The van der Waals surface area contributed by atoms with Crippen molar-refractivity contribution in [2.45, 2.75) is 19.8 Å². The molecule has 5 nitrogen and oxygen atoms in total. The lowest BCUT2D eigenvalue weighted by Crippen LogP contribution is -2.22. The Labute approximate surface area is 171 Å². The van der Waals surface area contributed by atoms with Crippen LogP contribution in [0.1, 0.15) is 24.5 Å². The lowest BCUT2D eigenvalue weighted by Gasteiger charge is -2.11. The Bertz CT molecular complexity index is 803. The number of ether oxygens (including phenoxy) is 3. The number of carbonyl (C=O) groups is 1. The monoisotopic (exact) mass is 403 g/mol. The third kappa shape index (κ3) is 6.50. The van der Waals surface area contributed by atoms with Crippen molar-refractivity contribution in [3.05, 3.63) is 58.6 Å². The van der Waals surface area contributed by atoms with Crippen LogP contribution in [-0.4, -0.2) is 33.3 Å². The van der Waals surface area contributed by atoms with E-state index in [-0.39, 0.29) is 5.91 Å². The highest BCUT2D eigenvalue weighted by Crippen LogP contribution is 2.36. The molecule has 1 amide bonds. The number of hydrogen-bond acceptors (Lipinski definition) is 4. The minimum atomic E-state index is -0.153. The Morgan fingerprint density at radius 3 is 2.54 bits per heavy atom. The van der Waals surface area contributed by atoms with E-state index in [9.17, 15) is 4.79 Å². The van der Waals surface area contributed by atoms with Crippen LogP contribution < -0.4 is 19.5 Å². The fourth-order valence-corrected chi connectivity index (χ4v) is 2.97. The first-order valence-electron chi connectivity index (χ1n) is 9.16. The number of amides is 1. The number of nitrogens with one attached hydrogen (secondary N) is 1. The van der Waals surface area contributed by atoms with Gasteiger partial charge in [0, 0.05) is 12.6 Å². The molecule has 0 aliphatic rings. The molecule has 0 aliphatic carbocycles. The van der Waals surface area contributed by atoms with Gasteiger partial charge in [0.15, 0.2) is 11.5 Å². The summed E-state index contributed by atoms with van der Waals surface area (Å²) < 4.78 is 15.9. The highest BCUT2D eigenvalue weighted by molar-refractivity contribution is 6.32. The number of carbonyl (C=O) groups excluding carboxylic acids is 1. The summed E-state index contributed by atoms with van der Waals surface area (Å²) in [5.74, 6) is 1.73. The SMILES string of the molecule is CCOc1cc(C=CC(=O)NCCCc2ccc(OC)cc2)cc(Cl)c1OC. The number of aryl methyl sites for hydroxylation is 1. The molecule has 150 valence electrons. The Hall–Kier alpha value is -2.66. The van der Waals surface area contributed by atoms with Gasteiger partial charge in [-0.1, -0.05) is 23.7 Å². The first-order chi connectivity index (χ1) is 13.6. The second kappa shape index (κ2) is 11.2. The van der Waals surface area contributed by atoms with Crippen molar-refractivity contribution < 1.29 is 19.0 Å². The van der Waals surface area contributed by atoms with E-state index in [1.807, 2.05) is 31.2 Å². The third-order valence-electron chi connectivity index (χ3n) is 4.06. The number of methoxy groups -OCH3 is 2. The minimum Gasteiger partial charge on any atom is -0.497 e. The van der Waals surface area contributed by atoms with Gasteiger partial charge in [0.05, 0.1) is 25.8 Å². The molecule has 0 radical (unpaired) electrons. The van der Waals surface area contributed by atoms with Crippen molar-refractivity contribution in [2.75, 3.05) is 27.4 Å². The average Bonchev–Trinajstić information content (AvgIpc) is 2.70. The molecule has 0 saturated carbocycles. The first kappa shape index (κ1) is 21.6. The minimum absolute atomic E-state index is 0.153. The predicted octanol–water partition coefficient (Wildman–Crippen LogP) is 4.52. The zero-order valence-corrected chi connectivity index (χ0v) is 17.2. The van der Waals surface area contributed by atoms with E-state index in [0.29, 0.717) is 29.7 Å². The van der Waals surface area contributed by atoms with Gasteiger partial charge in [0.1, 0.15) is 5.75 Å². The quantitative estimate of drug-likeness (QED) is 0.468. The summed E-state index contributed by atoms with van der Waals surface area (Å²) >= 11 is 6.22. The van der Waals surface area contributed by atoms with Gasteiger partial charge in [-0.2, -0.15) is 0 Å². The summed E-state index contributed by atoms with van der Waals surface area (Å²) in [6.45, 7) is 2.98. The summed E-state index contributed by atoms with van der Waals surface area (Å²) in [4.78, 5) is 12.0. The molecule has 0 saturated heterocycles. The molecular formula is C22H26ClNO4. The van der Waals surface area contributed by atoms with E-state index in [0.717, 1.165) is 24.2 Å². The smallest absolute Gasteiger partial charge is 0.243 e. The van der Waals surface area contributed by atoms with E-state index in [2.05, 4.69) is 5.32 Å². The van der Waals surface area contributed by atoms with Crippen molar-refractivity contribution >= 4 is 23.6 Å². The summed E-state index contributed by atoms with van der Waals surface area (Å²) in [5.41, 5.74) is 1.98. The topological polar surface area (TPSA) is 56.8 Å². The van der Waals surface area contributed by atoms with Gasteiger partial charge in [-0.05, 0) is 61.2 Å². The van der Waals surface area contributed by atoms with E-state index in [1.165, 1.54) is 11.6 Å². The van der Waals surface area contributed by atoms with E-state index in [4.69, 9.17) is 25.8 Å². The summed E-state index contributed by atoms with van der Waals surface area (Å²) in [7, 11) is 3.19. The zero-order chi connectivity index (χ0) is 20.4. The maximum absolute atomic E-state index is 12.0. The second-order valence-electron chi connectivity index (χ2n) is 6.04. The molecule has 0 aromatic heterocycles. The zero-order valence-electron chi connectivity index (χ0n) is 16.5. The van der Waals surface area contributed by atoms with Crippen molar-refractivity contribution in [3.63, 3.8) is 0 Å². The van der Waals surface area contributed by atoms with Gasteiger partial charge in [-0.25, -0.2) is 0 Å². The summed E-state index contributed by atoms with van der Waals surface area (Å²) in [6, 6.07) is 11.5. The van der Waals surface area contributed by atoms with Crippen LogP contribution in [0.25, 0.3) is 6.08 Å². The molecule has 2 aromatic carbocycles. The fourth-order valence-electron chi connectivity index (χ4n) is 2.67. The van der Waals surface area contributed by atoms with Crippen LogP contribution in [0, 0.1) is 0 Å². The molecule has 2 rings (SSSR count). The lowest BCUT2D eigenvalue weighted by atomic mass is 10.1. The Balaban J connectivity index is 1.84. The van der Waals surface area contributed by atoms with Gasteiger partial charge >= 0.3 is 0 Å². The van der Waals surface area contributed by atoms with Gasteiger partial charge < -0.3 is 19.5 Å². The Kier molecular flexibility index (Phi) is 8.69. The number of halogens is 1. The molecule has 28 heavy (non-hydrogen) atoms. The van der Waals surface area contributed by atoms with Crippen LogP contribution in [0.5, 0.6) is 17.2 Å². The third-order valence-corrected chi connectivity index (χ3v) is 4.34. The normalized spacial score (nSPS) is 10.7. The highest BCUT2D eigenvalue weighted by atomic mass is 35.5. The molecule has 0 bridgehead atoms. The molecule has 2 aromatic rings. The Morgan fingerprint density at radius 2 is 1.89 bits per heavy atom. The largest absolute Gasteiger partial charge is 0.497 e. The maximum Gasteiger partial charge on any atom is 0.243 e. The van der Waals surface area contributed by atoms with E-state index < -0.39 is 0 Å².